The Balaban J connectivity index is 1.92. The van der Waals surface area contributed by atoms with Crippen molar-refractivity contribution in [1.82, 2.24) is 9.80 Å². The third-order valence-corrected chi connectivity index (χ3v) is 4.18. The van der Waals surface area contributed by atoms with Crippen molar-refractivity contribution in [1.29, 1.82) is 0 Å². The van der Waals surface area contributed by atoms with Crippen molar-refractivity contribution in [3.63, 3.8) is 0 Å². The summed E-state index contributed by atoms with van der Waals surface area (Å²) in [5.74, 6) is -0.328. The van der Waals surface area contributed by atoms with Gasteiger partial charge in [0, 0.05) is 18.3 Å². The molecule has 6 heteroatoms. The predicted octanol–water partition coefficient (Wildman–Crippen LogP) is 0.788. The highest BCUT2D eigenvalue weighted by molar-refractivity contribution is 6.07. The molecule has 0 spiro atoms. The largest absolute Gasteiger partial charge is 0.326 e. The van der Waals surface area contributed by atoms with Crippen LogP contribution < -0.4 is 5.32 Å². The summed E-state index contributed by atoms with van der Waals surface area (Å²) in [6.07, 6.45) is 0. The Bertz CT molecular complexity index is 666. The molecule has 2 heterocycles. The lowest BCUT2D eigenvalue weighted by atomic mass is 9.85. The Labute approximate surface area is 122 Å². The third kappa shape index (κ3) is 1.98. The minimum atomic E-state index is -0.650. The lowest BCUT2D eigenvalue weighted by Gasteiger charge is -2.18. The molecule has 0 atom stereocenters. The SMILES string of the molecule is CN1CN(C(=O)c2ccc3c(c2)C(C)(C)C(=O)N3)CC1=O. The Kier molecular flexibility index (Phi) is 2.79. The number of carbonyl (C=O) groups excluding carboxylic acids is 3. The number of hydrogen-bond acceptors (Lipinski definition) is 3. The van der Waals surface area contributed by atoms with E-state index in [2.05, 4.69) is 5.32 Å². The van der Waals surface area contributed by atoms with Crippen molar-refractivity contribution in [3.05, 3.63) is 29.3 Å². The predicted molar refractivity (Wildman–Crippen MR) is 76.8 cm³/mol. The zero-order chi connectivity index (χ0) is 15.4. The van der Waals surface area contributed by atoms with Crippen LogP contribution in [0.1, 0.15) is 29.8 Å². The summed E-state index contributed by atoms with van der Waals surface area (Å²) < 4.78 is 0. The van der Waals surface area contributed by atoms with Gasteiger partial charge in [0.1, 0.15) is 6.54 Å². The van der Waals surface area contributed by atoms with Crippen LogP contribution >= 0.6 is 0 Å². The summed E-state index contributed by atoms with van der Waals surface area (Å²) >= 11 is 0. The number of fused-ring (bicyclic) bond motifs is 1. The van der Waals surface area contributed by atoms with Crippen molar-refractivity contribution in [2.24, 2.45) is 0 Å². The first kappa shape index (κ1) is 13.6. The molecule has 1 saturated heterocycles. The highest BCUT2D eigenvalue weighted by Gasteiger charge is 2.39. The lowest BCUT2D eigenvalue weighted by Crippen LogP contribution is -2.30. The highest BCUT2D eigenvalue weighted by atomic mass is 16.2. The van der Waals surface area contributed by atoms with Gasteiger partial charge in [0.25, 0.3) is 5.91 Å². The third-order valence-electron chi connectivity index (χ3n) is 4.18. The molecule has 0 radical (unpaired) electrons. The molecule has 2 aliphatic rings. The van der Waals surface area contributed by atoms with Crippen LogP contribution in [0.15, 0.2) is 18.2 Å². The van der Waals surface area contributed by atoms with Gasteiger partial charge in [0.2, 0.25) is 11.8 Å². The summed E-state index contributed by atoms with van der Waals surface area (Å²) in [5.41, 5.74) is 1.42. The fraction of sp³-hybridized carbons (Fsp3) is 0.400. The molecule has 1 N–H and O–H groups in total. The van der Waals surface area contributed by atoms with Gasteiger partial charge in [-0.1, -0.05) is 0 Å². The Morgan fingerprint density at radius 2 is 2.00 bits per heavy atom. The molecular formula is C15H17N3O3. The highest BCUT2D eigenvalue weighted by Crippen LogP contribution is 2.37. The fourth-order valence-electron chi connectivity index (χ4n) is 2.69. The number of anilines is 1. The Hall–Kier alpha value is -2.37. The maximum Gasteiger partial charge on any atom is 0.255 e. The molecule has 110 valence electrons. The van der Waals surface area contributed by atoms with E-state index in [-0.39, 0.29) is 24.3 Å². The molecule has 6 nitrogen and oxygen atoms in total. The van der Waals surface area contributed by atoms with Gasteiger partial charge in [-0.25, -0.2) is 0 Å². The molecule has 21 heavy (non-hydrogen) atoms. The van der Waals surface area contributed by atoms with Crippen LogP contribution in [0.4, 0.5) is 5.69 Å². The van der Waals surface area contributed by atoms with E-state index < -0.39 is 5.41 Å². The van der Waals surface area contributed by atoms with E-state index in [9.17, 15) is 14.4 Å². The number of benzene rings is 1. The van der Waals surface area contributed by atoms with Gasteiger partial charge in [-0.05, 0) is 37.6 Å². The first-order valence-corrected chi connectivity index (χ1v) is 6.80. The van der Waals surface area contributed by atoms with Gasteiger partial charge in [0.15, 0.2) is 0 Å². The normalized spacial score (nSPS) is 19.8. The maximum atomic E-state index is 12.5. The van der Waals surface area contributed by atoms with Gasteiger partial charge in [-0.3, -0.25) is 14.4 Å². The quantitative estimate of drug-likeness (QED) is 0.830. The molecule has 0 unspecified atom stereocenters. The van der Waals surface area contributed by atoms with Crippen LogP contribution in [0.5, 0.6) is 0 Å². The van der Waals surface area contributed by atoms with Crippen LogP contribution in [0.25, 0.3) is 0 Å². The van der Waals surface area contributed by atoms with E-state index in [4.69, 9.17) is 0 Å². The molecule has 0 aromatic heterocycles. The Morgan fingerprint density at radius 1 is 1.29 bits per heavy atom. The van der Waals surface area contributed by atoms with Crippen LogP contribution in [0.2, 0.25) is 0 Å². The molecule has 1 aromatic rings. The summed E-state index contributed by atoms with van der Waals surface area (Å²) in [6.45, 7) is 4.06. The topological polar surface area (TPSA) is 69.7 Å². The first-order valence-electron chi connectivity index (χ1n) is 6.80. The van der Waals surface area contributed by atoms with Crippen LogP contribution in [-0.4, -0.2) is 47.8 Å². The number of hydrogen-bond donors (Lipinski definition) is 1. The van der Waals surface area contributed by atoms with E-state index in [1.807, 2.05) is 13.8 Å². The monoisotopic (exact) mass is 287 g/mol. The second-order valence-corrected chi connectivity index (χ2v) is 6.08. The lowest BCUT2D eigenvalue weighted by molar-refractivity contribution is -0.125. The molecule has 0 aliphatic carbocycles. The van der Waals surface area contributed by atoms with Crippen molar-refractivity contribution in [3.8, 4) is 0 Å². The molecule has 0 bridgehead atoms. The number of carbonyl (C=O) groups is 3. The molecular weight excluding hydrogens is 270 g/mol. The van der Waals surface area contributed by atoms with Gasteiger partial charge in [-0.15, -0.1) is 0 Å². The zero-order valence-corrected chi connectivity index (χ0v) is 12.3. The number of likely N-dealkylation sites (N-methyl/N-ethyl adjacent to an activating group) is 1. The van der Waals surface area contributed by atoms with Crippen LogP contribution in [0, 0.1) is 0 Å². The van der Waals surface area contributed by atoms with E-state index in [1.54, 1.807) is 25.2 Å². The molecule has 1 fully saturated rings. The standard InChI is InChI=1S/C15H17N3O3/c1-15(2)10-6-9(4-5-11(10)16-14(15)21)13(20)18-7-12(19)17(3)8-18/h4-6H,7-8H2,1-3H3,(H,16,21). The minimum absolute atomic E-state index is 0.0679. The van der Waals surface area contributed by atoms with Crippen molar-refractivity contribution in [2.75, 3.05) is 25.6 Å². The summed E-state index contributed by atoms with van der Waals surface area (Å²) in [5, 5.41) is 2.81. The molecule has 3 amide bonds. The van der Waals surface area contributed by atoms with Crippen LogP contribution in [-0.2, 0) is 15.0 Å². The summed E-state index contributed by atoms with van der Waals surface area (Å²) in [7, 11) is 1.67. The van der Waals surface area contributed by atoms with E-state index in [1.165, 1.54) is 9.80 Å². The average molecular weight is 287 g/mol. The molecule has 3 rings (SSSR count). The summed E-state index contributed by atoms with van der Waals surface area (Å²) in [4.78, 5) is 38.9. The van der Waals surface area contributed by atoms with Gasteiger partial charge >= 0.3 is 0 Å². The second kappa shape index (κ2) is 4.31. The van der Waals surface area contributed by atoms with Gasteiger partial charge in [-0.2, -0.15) is 0 Å². The first-order chi connectivity index (χ1) is 9.80. The van der Waals surface area contributed by atoms with Crippen molar-refractivity contribution in [2.45, 2.75) is 19.3 Å². The Morgan fingerprint density at radius 3 is 2.62 bits per heavy atom. The summed E-state index contributed by atoms with van der Waals surface area (Å²) in [6, 6.07) is 5.18. The molecule has 1 aromatic carbocycles. The fourth-order valence-corrected chi connectivity index (χ4v) is 2.69. The van der Waals surface area contributed by atoms with E-state index in [0.29, 0.717) is 12.2 Å². The van der Waals surface area contributed by atoms with Crippen molar-refractivity contribution >= 4 is 23.4 Å². The van der Waals surface area contributed by atoms with E-state index >= 15 is 0 Å². The number of nitrogens with zero attached hydrogens (tertiary/aromatic N) is 2. The molecule has 2 aliphatic heterocycles. The maximum absolute atomic E-state index is 12.5. The number of nitrogens with one attached hydrogen (secondary N) is 1. The van der Waals surface area contributed by atoms with Crippen LogP contribution in [0.3, 0.4) is 0 Å². The smallest absolute Gasteiger partial charge is 0.255 e. The molecule has 0 saturated carbocycles. The van der Waals surface area contributed by atoms with Crippen molar-refractivity contribution < 1.29 is 14.4 Å². The zero-order valence-electron chi connectivity index (χ0n) is 12.3. The van der Waals surface area contributed by atoms with Gasteiger partial charge in [0.05, 0.1) is 12.1 Å². The number of rotatable bonds is 1. The van der Waals surface area contributed by atoms with Gasteiger partial charge < -0.3 is 15.1 Å². The number of amides is 3. The second-order valence-electron chi connectivity index (χ2n) is 6.08. The average Bonchev–Trinajstić information content (AvgIpc) is 2.88. The minimum Gasteiger partial charge on any atom is -0.326 e. The van der Waals surface area contributed by atoms with E-state index in [0.717, 1.165) is 11.3 Å².